The van der Waals surface area contributed by atoms with Gasteiger partial charge in [0, 0.05) is 19.1 Å². The first kappa shape index (κ1) is 11.2. The summed E-state index contributed by atoms with van der Waals surface area (Å²) in [5, 5.41) is 11.6. The Morgan fingerprint density at radius 1 is 1.24 bits per heavy atom. The van der Waals surface area contributed by atoms with E-state index in [0.29, 0.717) is 5.89 Å². The van der Waals surface area contributed by atoms with Gasteiger partial charge in [0.25, 0.3) is 0 Å². The lowest BCUT2D eigenvalue weighted by molar-refractivity contribution is 0.0880. The molecule has 1 saturated carbocycles. The molecule has 0 amide bonds. The van der Waals surface area contributed by atoms with Gasteiger partial charge in [0.15, 0.2) is 0 Å². The van der Waals surface area contributed by atoms with Gasteiger partial charge in [-0.1, -0.05) is 0 Å². The first-order chi connectivity index (χ1) is 8.42. The van der Waals surface area contributed by atoms with Gasteiger partial charge < -0.3 is 14.5 Å². The van der Waals surface area contributed by atoms with Gasteiger partial charge in [-0.2, -0.15) is 0 Å². The van der Waals surface area contributed by atoms with E-state index in [4.69, 9.17) is 9.15 Å². The Hall–Kier alpha value is -0.940. The molecule has 3 rings (SSSR count). The second-order valence-corrected chi connectivity index (χ2v) is 4.87. The second kappa shape index (κ2) is 5.14. The molecule has 5 nitrogen and oxygen atoms in total. The van der Waals surface area contributed by atoms with Crippen molar-refractivity contribution in [1.82, 2.24) is 15.5 Å². The van der Waals surface area contributed by atoms with Crippen molar-refractivity contribution in [2.24, 2.45) is 0 Å². The average molecular weight is 237 g/mol. The van der Waals surface area contributed by atoms with Crippen LogP contribution in [0, 0.1) is 0 Å². The highest BCUT2D eigenvalue weighted by Gasteiger charge is 2.23. The molecule has 1 aromatic heterocycles. The summed E-state index contributed by atoms with van der Waals surface area (Å²) in [6.45, 7) is 1.86. The summed E-state index contributed by atoms with van der Waals surface area (Å²) in [4.78, 5) is 0. The van der Waals surface area contributed by atoms with Crippen molar-refractivity contribution in [1.29, 1.82) is 0 Å². The van der Waals surface area contributed by atoms with Crippen molar-refractivity contribution in [3.05, 3.63) is 11.8 Å². The number of hydrogen-bond acceptors (Lipinski definition) is 5. The summed E-state index contributed by atoms with van der Waals surface area (Å²) in [6, 6.07) is 0.778. The smallest absolute Gasteiger partial charge is 0.245 e. The highest BCUT2D eigenvalue weighted by molar-refractivity contribution is 4.89. The molecule has 0 bridgehead atoms. The van der Waals surface area contributed by atoms with Gasteiger partial charge >= 0.3 is 0 Å². The number of rotatable bonds is 6. The predicted octanol–water partition coefficient (Wildman–Crippen LogP) is 1.61. The molecule has 2 heterocycles. The SMILES string of the molecule is C(CNC1CC1)Cc1nnc(C2CCCO2)o1. The Balaban J connectivity index is 1.42. The van der Waals surface area contributed by atoms with Crippen LogP contribution in [0.25, 0.3) is 0 Å². The second-order valence-electron chi connectivity index (χ2n) is 4.87. The molecule has 1 N–H and O–H groups in total. The fourth-order valence-electron chi connectivity index (χ4n) is 2.10. The zero-order chi connectivity index (χ0) is 11.5. The molecule has 94 valence electrons. The van der Waals surface area contributed by atoms with Crippen molar-refractivity contribution < 1.29 is 9.15 Å². The zero-order valence-corrected chi connectivity index (χ0v) is 10.0. The van der Waals surface area contributed by atoms with Crippen molar-refractivity contribution in [2.75, 3.05) is 13.2 Å². The molecule has 1 saturated heterocycles. The minimum absolute atomic E-state index is 0.0424. The highest BCUT2D eigenvalue weighted by atomic mass is 16.5. The van der Waals surface area contributed by atoms with Crippen molar-refractivity contribution in [3.8, 4) is 0 Å². The van der Waals surface area contributed by atoms with Gasteiger partial charge in [-0.05, 0) is 38.6 Å². The number of hydrogen-bond donors (Lipinski definition) is 1. The molecular weight excluding hydrogens is 218 g/mol. The minimum atomic E-state index is 0.0424. The normalized spacial score (nSPS) is 24.4. The summed E-state index contributed by atoms with van der Waals surface area (Å²) in [5.74, 6) is 1.40. The number of aryl methyl sites for hydroxylation is 1. The third-order valence-electron chi connectivity index (χ3n) is 3.27. The molecule has 1 aliphatic carbocycles. The monoisotopic (exact) mass is 237 g/mol. The van der Waals surface area contributed by atoms with Crippen LogP contribution in [-0.4, -0.2) is 29.4 Å². The van der Waals surface area contributed by atoms with E-state index in [-0.39, 0.29) is 6.10 Å². The first-order valence-corrected chi connectivity index (χ1v) is 6.59. The highest BCUT2D eigenvalue weighted by Crippen LogP contribution is 2.27. The predicted molar refractivity (Wildman–Crippen MR) is 61.6 cm³/mol. The summed E-state index contributed by atoms with van der Waals surface area (Å²) in [6.07, 6.45) is 6.73. The van der Waals surface area contributed by atoms with Gasteiger partial charge in [-0.3, -0.25) is 0 Å². The van der Waals surface area contributed by atoms with Crippen LogP contribution < -0.4 is 5.32 Å². The van der Waals surface area contributed by atoms with Crippen LogP contribution in [0.4, 0.5) is 0 Å². The molecule has 17 heavy (non-hydrogen) atoms. The Morgan fingerprint density at radius 3 is 2.94 bits per heavy atom. The Labute approximate surface area is 101 Å². The van der Waals surface area contributed by atoms with Crippen molar-refractivity contribution in [3.63, 3.8) is 0 Å². The van der Waals surface area contributed by atoms with Crippen LogP contribution >= 0.6 is 0 Å². The molecule has 1 aromatic rings. The van der Waals surface area contributed by atoms with E-state index in [9.17, 15) is 0 Å². The van der Waals surface area contributed by atoms with E-state index in [1.165, 1.54) is 12.8 Å². The van der Waals surface area contributed by atoms with E-state index in [1.807, 2.05) is 0 Å². The average Bonchev–Trinajstić information content (AvgIpc) is 2.84. The lowest BCUT2D eigenvalue weighted by Gasteiger charge is -2.02. The topological polar surface area (TPSA) is 60.2 Å². The maximum Gasteiger partial charge on any atom is 0.245 e. The fraction of sp³-hybridized carbons (Fsp3) is 0.833. The van der Waals surface area contributed by atoms with Crippen LogP contribution in [0.3, 0.4) is 0 Å². The van der Waals surface area contributed by atoms with Crippen molar-refractivity contribution in [2.45, 2.75) is 50.7 Å². The molecule has 5 heteroatoms. The third-order valence-corrected chi connectivity index (χ3v) is 3.27. The lowest BCUT2D eigenvalue weighted by atomic mass is 10.2. The molecule has 1 aliphatic heterocycles. The van der Waals surface area contributed by atoms with Crippen LogP contribution in [0.15, 0.2) is 4.42 Å². The maximum absolute atomic E-state index is 5.62. The molecule has 1 unspecified atom stereocenters. The quantitative estimate of drug-likeness (QED) is 0.762. The fourth-order valence-corrected chi connectivity index (χ4v) is 2.10. The van der Waals surface area contributed by atoms with E-state index < -0.39 is 0 Å². The number of aromatic nitrogens is 2. The van der Waals surface area contributed by atoms with Crippen LogP contribution in [0.5, 0.6) is 0 Å². The van der Waals surface area contributed by atoms with Gasteiger partial charge in [-0.25, -0.2) is 0 Å². The van der Waals surface area contributed by atoms with E-state index in [0.717, 1.165) is 50.8 Å². The summed E-state index contributed by atoms with van der Waals surface area (Å²) in [7, 11) is 0. The standard InChI is InChI=1S/C12H19N3O2/c1(7-13-9-5-6-9)4-11-14-15-12(17-11)10-3-2-8-16-10/h9-10,13H,1-8H2. The molecule has 0 aromatic carbocycles. The van der Waals surface area contributed by atoms with Gasteiger partial charge in [0.2, 0.25) is 11.8 Å². The molecule has 2 aliphatic rings. The zero-order valence-electron chi connectivity index (χ0n) is 10.0. The largest absolute Gasteiger partial charge is 0.422 e. The van der Waals surface area contributed by atoms with Crippen LogP contribution in [0.1, 0.15) is 50.0 Å². The molecule has 1 atom stereocenters. The van der Waals surface area contributed by atoms with Gasteiger partial charge in [0.05, 0.1) is 0 Å². The van der Waals surface area contributed by atoms with Crippen LogP contribution in [0.2, 0.25) is 0 Å². The lowest BCUT2D eigenvalue weighted by Crippen LogP contribution is -2.17. The number of ether oxygens (including phenoxy) is 1. The Bertz CT molecular complexity index is 356. The minimum Gasteiger partial charge on any atom is -0.422 e. The molecule has 0 spiro atoms. The van der Waals surface area contributed by atoms with Gasteiger partial charge in [0.1, 0.15) is 6.10 Å². The van der Waals surface area contributed by atoms with E-state index in [2.05, 4.69) is 15.5 Å². The molecule has 0 radical (unpaired) electrons. The van der Waals surface area contributed by atoms with E-state index >= 15 is 0 Å². The van der Waals surface area contributed by atoms with Gasteiger partial charge in [-0.15, -0.1) is 10.2 Å². The Morgan fingerprint density at radius 2 is 2.18 bits per heavy atom. The first-order valence-electron chi connectivity index (χ1n) is 6.59. The summed E-state index contributed by atoms with van der Waals surface area (Å²) < 4.78 is 11.1. The molecule has 2 fully saturated rings. The molecular formula is C12H19N3O2. The van der Waals surface area contributed by atoms with Crippen molar-refractivity contribution >= 4 is 0 Å². The number of nitrogens with zero attached hydrogens (tertiary/aromatic N) is 2. The van der Waals surface area contributed by atoms with E-state index in [1.54, 1.807) is 0 Å². The third kappa shape index (κ3) is 3.04. The number of nitrogens with one attached hydrogen (secondary N) is 1. The van der Waals surface area contributed by atoms with Crippen LogP contribution in [-0.2, 0) is 11.2 Å². The summed E-state index contributed by atoms with van der Waals surface area (Å²) in [5.41, 5.74) is 0. The Kier molecular flexibility index (Phi) is 3.38. The summed E-state index contributed by atoms with van der Waals surface area (Å²) >= 11 is 0. The maximum atomic E-state index is 5.62.